The Morgan fingerprint density at radius 3 is 2.50 bits per heavy atom. The molecular weight excluding hydrogens is 228 g/mol. The topological polar surface area (TPSA) is 44.7 Å². The van der Waals surface area contributed by atoms with Gasteiger partial charge in [0.2, 0.25) is 0 Å². The van der Waals surface area contributed by atoms with Gasteiger partial charge in [0.25, 0.3) is 0 Å². The van der Waals surface area contributed by atoms with Crippen LogP contribution in [0.4, 0.5) is 5.69 Å². The summed E-state index contributed by atoms with van der Waals surface area (Å²) in [6, 6.07) is 8.45. The molecule has 0 aliphatic rings. The monoisotopic (exact) mass is 252 g/mol. The van der Waals surface area contributed by atoms with E-state index in [1.807, 2.05) is 14.1 Å². The maximum absolute atomic E-state index is 9.47. The molecule has 0 saturated heterocycles. The number of nitrogens with zero attached hydrogens (tertiary/aromatic N) is 1. The zero-order chi connectivity index (χ0) is 13.4. The number of anilines is 1. The largest absolute Gasteiger partial charge is 0.391 e. The summed E-state index contributed by atoms with van der Waals surface area (Å²) < 4.78 is 4.87. The zero-order valence-electron chi connectivity index (χ0n) is 11.5. The first-order valence-corrected chi connectivity index (χ1v) is 6.27. The molecular formula is C14H24N2O2. The predicted octanol–water partition coefficient (Wildman–Crippen LogP) is 1.24. The molecule has 0 heterocycles. The number of nitrogens with one attached hydrogen (secondary N) is 1. The molecule has 0 amide bonds. The predicted molar refractivity (Wildman–Crippen MR) is 75.0 cm³/mol. The first-order chi connectivity index (χ1) is 8.63. The van der Waals surface area contributed by atoms with E-state index in [2.05, 4.69) is 34.5 Å². The van der Waals surface area contributed by atoms with Gasteiger partial charge in [-0.15, -0.1) is 0 Å². The summed E-state index contributed by atoms with van der Waals surface area (Å²) >= 11 is 0. The van der Waals surface area contributed by atoms with Crippen molar-refractivity contribution < 1.29 is 9.84 Å². The Morgan fingerprint density at radius 1 is 1.28 bits per heavy atom. The van der Waals surface area contributed by atoms with Crippen molar-refractivity contribution in [2.75, 3.05) is 39.3 Å². The summed E-state index contributed by atoms with van der Waals surface area (Å²) in [7, 11) is 5.66. The van der Waals surface area contributed by atoms with Crippen LogP contribution in [-0.4, -0.2) is 45.6 Å². The minimum Gasteiger partial charge on any atom is -0.391 e. The highest BCUT2D eigenvalue weighted by Crippen LogP contribution is 2.11. The maximum atomic E-state index is 9.47. The van der Waals surface area contributed by atoms with E-state index < -0.39 is 0 Å². The highest BCUT2D eigenvalue weighted by molar-refractivity contribution is 5.45. The normalized spacial score (nSPS) is 12.4. The number of hydrogen-bond acceptors (Lipinski definition) is 4. The second-order valence-electron chi connectivity index (χ2n) is 4.64. The van der Waals surface area contributed by atoms with Gasteiger partial charge >= 0.3 is 0 Å². The molecule has 4 nitrogen and oxygen atoms in total. The van der Waals surface area contributed by atoms with E-state index >= 15 is 0 Å². The molecule has 0 radical (unpaired) electrons. The van der Waals surface area contributed by atoms with Crippen LogP contribution in [0.1, 0.15) is 12.0 Å². The summed E-state index contributed by atoms with van der Waals surface area (Å²) in [6.07, 6.45) is 0.336. The smallest absolute Gasteiger partial charge is 0.0785 e. The standard InChI is InChI=1S/C14H24N2O2/c1-16(2)13-6-4-12(5-7-13)10-15-9-8-14(17)11-18-3/h4-7,14-15,17H,8-11H2,1-3H3. The number of methoxy groups -OCH3 is 1. The van der Waals surface area contributed by atoms with Crippen LogP contribution in [0.25, 0.3) is 0 Å². The number of rotatable bonds is 8. The third-order valence-corrected chi connectivity index (χ3v) is 2.80. The van der Waals surface area contributed by atoms with Crippen LogP contribution < -0.4 is 10.2 Å². The summed E-state index contributed by atoms with van der Waals surface area (Å²) in [6.45, 7) is 2.02. The fraction of sp³-hybridized carbons (Fsp3) is 0.571. The molecule has 0 saturated carbocycles. The number of aliphatic hydroxyl groups is 1. The van der Waals surface area contributed by atoms with E-state index in [1.54, 1.807) is 7.11 Å². The van der Waals surface area contributed by atoms with Crippen molar-refractivity contribution in [3.05, 3.63) is 29.8 Å². The molecule has 0 bridgehead atoms. The Morgan fingerprint density at radius 2 is 1.94 bits per heavy atom. The first kappa shape index (κ1) is 15.0. The second-order valence-corrected chi connectivity index (χ2v) is 4.64. The van der Waals surface area contributed by atoms with E-state index in [9.17, 15) is 5.11 Å². The van der Waals surface area contributed by atoms with Gasteiger partial charge in [-0.1, -0.05) is 12.1 Å². The van der Waals surface area contributed by atoms with Crippen LogP contribution in [0, 0.1) is 0 Å². The number of hydrogen-bond donors (Lipinski definition) is 2. The van der Waals surface area contributed by atoms with Crippen LogP contribution in [0.15, 0.2) is 24.3 Å². The van der Waals surface area contributed by atoms with Gasteiger partial charge in [-0.2, -0.15) is 0 Å². The van der Waals surface area contributed by atoms with E-state index in [1.165, 1.54) is 11.3 Å². The van der Waals surface area contributed by atoms with Gasteiger partial charge in [0, 0.05) is 33.4 Å². The molecule has 1 atom stereocenters. The lowest BCUT2D eigenvalue weighted by Crippen LogP contribution is -2.23. The lowest BCUT2D eigenvalue weighted by atomic mass is 10.2. The first-order valence-electron chi connectivity index (χ1n) is 6.27. The van der Waals surface area contributed by atoms with Crippen molar-refractivity contribution in [3.63, 3.8) is 0 Å². The van der Waals surface area contributed by atoms with Crippen LogP contribution in [0.3, 0.4) is 0 Å². The average Bonchev–Trinajstić information content (AvgIpc) is 2.35. The molecule has 1 unspecified atom stereocenters. The highest BCUT2D eigenvalue weighted by Gasteiger charge is 2.02. The second kappa shape index (κ2) is 8.08. The molecule has 1 aromatic rings. The minimum absolute atomic E-state index is 0.376. The van der Waals surface area contributed by atoms with Gasteiger partial charge in [0.1, 0.15) is 0 Å². The molecule has 102 valence electrons. The molecule has 1 rings (SSSR count). The Labute approximate surface area is 110 Å². The van der Waals surface area contributed by atoms with Gasteiger partial charge < -0.3 is 20.1 Å². The van der Waals surface area contributed by atoms with Crippen molar-refractivity contribution in [2.45, 2.75) is 19.1 Å². The van der Waals surface area contributed by atoms with Crippen LogP contribution >= 0.6 is 0 Å². The van der Waals surface area contributed by atoms with Crippen molar-refractivity contribution in [3.8, 4) is 0 Å². The van der Waals surface area contributed by atoms with Crippen LogP contribution in [0.5, 0.6) is 0 Å². The molecule has 2 N–H and O–H groups in total. The Bertz CT molecular complexity index is 325. The summed E-state index contributed by atoms with van der Waals surface area (Å²) in [5.41, 5.74) is 2.45. The summed E-state index contributed by atoms with van der Waals surface area (Å²) in [5.74, 6) is 0. The zero-order valence-corrected chi connectivity index (χ0v) is 11.5. The van der Waals surface area contributed by atoms with Crippen molar-refractivity contribution in [1.82, 2.24) is 5.32 Å². The van der Waals surface area contributed by atoms with Crippen LogP contribution in [-0.2, 0) is 11.3 Å². The molecule has 0 aromatic heterocycles. The van der Waals surface area contributed by atoms with Crippen molar-refractivity contribution in [1.29, 1.82) is 0 Å². The third-order valence-electron chi connectivity index (χ3n) is 2.80. The van der Waals surface area contributed by atoms with E-state index in [4.69, 9.17) is 4.74 Å². The van der Waals surface area contributed by atoms with E-state index in [-0.39, 0.29) is 6.10 Å². The lowest BCUT2D eigenvalue weighted by molar-refractivity contribution is 0.0594. The lowest BCUT2D eigenvalue weighted by Gasteiger charge is -2.13. The van der Waals surface area contributed by atoms with Gasteiger partial charge in [0.15, 0.2) is 0 Å². The summed E-state index contributed by atoms with van der Waals surface area (Å²) in [4.78, 5) is 2.08. The van der Waals surface area contributed by atoms with Gasteiger partial charge in [-0.25, -0.2) is 0 Å². The van der Waals surface area contributed by atoms with Crippen molar-refractivity contribution in [2.24, 2.45) is 0 Å². The number of benzene rings is 1. The van der Waals surface area contributed by atoms with Gasteiger partial charge in [-0.3, -0.25) is 0 Å². The highest BCUT2D eigenvalue weighted by atomic mass is 16.5. The van der Waals surface area contributed by atoms with Crippen LogP contribution in [0.2, 0.25) is 0 Å². The molecule has 18 heavy (non-hydrogen) atoms. The Hall–Kier alpha value is -1.10. The quantitative estimate of drug-likeness (QED) is 0.683. The maximum Gasteiger partial charge on any atom is 0.0785 e. The average molecular weight is 252 g/mol. The summed E-state index contributed by atoms with van der Waals surface area (Å²) in [5, 5.41) is 12.8. The molecule has 0 fully saturated rings. The fourth-order valence-electron chi connectivity index (χ4n) is 1.69. The van der Waals surface area contributed by atoms with Crippen molar-refractivity contribution >= 4 is 5.69 Å². The molecule has 0 aliphatic carbocycles. The molecule has 1 aromatic carbocycles. The van der Waals surface area contributed by atoms with E-state index in [0.717, 1.165) is 13.1 Å². The fourth-order valence-corrected chi connectivity index (χ4v) is 1.69. The molecule has 4 heteroatoms. The Balaban J connectivity index is 2.23. The molecule has 0 spiro atoms. The molecule has 0 aliphatic heterocycles. The Kier molecular flexibility index (Phi) is 6.72. The SMILES string of the molecule is COCC(O)CCNCc1ccc(N(C)C)cc1. The number of aliphatic hydroxyl groups excluding tert-OH is 1. The van der Waals surface area contributed by atoms with E-state index in [0.29, 0.717) is 13.0 Å². The van der Waals surface area contributed by atoms with Gasteiger partial charge in [0.05, 0.1) is 12.7 Å². The van der Waals surface area contributed by atoms with Gasteiger partial charge in [-0.05, 0) is 30.7 Å². The third kappa shape index (κ3) is 5.49. The number of ether oxygens (including phenoxy) is 1. The minimum atomic E-state index is -0.376.